The third-order valence-corrected chi connectivity index (χ3v) is 3.31. The summed E-state index contributed by atoms with van der Waals surface area (Å²) in [5.74, 6) is 0.471. The highest BCUT2D eigenvalue weighted by Gasteiger charge is 2.15. The fraction of sp³-hybridized carbons (Fsp3) is 0.154. The van der Waals surface area contributed by atoms with Crippen molar-refractivity contribution < 1.29 is 9.90 Å². The van der Waals surface area contributed by atoms with Crippen molar-refractivity contribution in [2.45, 2.75) is 6.42 Å². The topological polar surface area (TPSA) is 74.0 Å². The van der Waals surface area contributed by atoms with Gasteiger partial charge in [0.25, 0.3) is 0 Å². The number of amides is 1. The van der Waals surface area contributed by atoms with Crippen molar-refractivity contribution in [3.8, 4) is 5.75 Å². The number of amidine groups is 1. The van der Waals surface area contributed by atoms with Gasteiger partial charge >= 0.3 is 0 Å². The van der Waals surface area contributed by atoms with E-state index in [0.29, 0.717) is 22.9 Å². The summed E-state index contributed by atoms with van der Waals surface area (Å²) in [7, 11) is 0. The minimum atomic E-state index is -0.0743. The van der Waals surface area contributed by atoms with E-state index in [9.17, 15) is 9.90 Å². The number of hydrogen-bond donors (Lipinski definition) is 2. The van der Waals surface area contributed by atoms with Crippen molar-refractivity contribution in [1.29, 1.82) is 0 Å². The lowest BCUT2D eigenvalue weighted by Crippen LogP contribution is -2.19. The summed E-state index contributed by atoms with van der Waals surface area (Å²) in [6, 6.07) is 5.40. The van der Waals surface area contributed by atoms with Gasteiger partial charge in [0.15, 0.2) is 5.17 Å². The second-order valence-corrected chi connectivity index (χ2v) is 4.80. The average Bonchev–Trinajstić information content (AvgIpc) is 2.80. The van der Waals surface area contributed by atoms with Crippen LogP contribution in [0.2, 0.25) is 0 Å². The summed E-state index contributed by atoms with van der Waals surface area (Å²) >= 11 is 1.30. The fourth-order valence-corrected chi connectivity index (χ4v) is 2.19. The van der Waals surface area contributed by atoms with Gasteiger partial charge in [0.05, 0.1) is 12.0 Å². The van der Waals surface area contributed by atoms with Crippen LogP contribution in [0, 0.1) is 0 Å². The first-order chi connectivity index (χ1) is 9.20. The zero-order valence-electron chi connectivity index (χ0n) is 10.2. The lowest BCUT2D eigenvalue weighted by Gasteiger charge is -2.03. The Morgan fingerprint density at radius 1 is 1.53 bits per heavy atom. The first kappa shape index (κ1) is 13.4. The molecule has 0 saturated carbocycles. The number of hydrogen-bond acceptors (Lipinski definition) is 5. The van der Waals surface area contributed by atoms with Crippen LogP contribution in [0.5, 0.6) is 5.75 Å². The van der Waals surface area contributed by atoms with Crippen LogP contribution < -0.4 is 5.32 Å². The van der Waals surface area contributed by atoms with Gasteiger partial charge in [-0.1, -0.05) is 30.0 Å². The van der Waals surface area contributed by atoms with E-state index in [-0.39, 0.29) is 11.7 Å². The molecule has 0 atom stereocenters. The predicted octanol–water partition coefficient (Wildman–Crippen LogP) is 1.67. The number of para-hydroxylation sites is 1. The van der Waals surface area contributed by atoms with E-state index in [1.807, 2.05) is 12.1 Å². The summed E-state index contributed by atoms with van der Waals surface area (Å²) in [5, 5.41) is 20.8. The molecule has 0 radical (unpaired) electrons. The van der Waals surface area contributed by atoms with E-state index < -0.39 is 0 Å². The summed E-state index contributed by atoms with van der Waals surface area (Å²) in [5.41, 5.74) is 1.37. The van der Waals surface area contributed by atoms with Gasteiger partial charge in [-0.15, -0.1) is 11.7 Å². The SMILES string of the molecule is C=CCc1cccc(C=NN=C2NC(=O)CS2)c1O. The maximum atomic E-state index is 10.9. The molecule has 5 nitrogen and oxygen atoms in total. The molecule has 1 aliphatic heterocycles. The number of phenolic OH excluding ortho intramolecular Hbond substituents is 1. The van der Waals surface area contributed by atoms with Crippen molar-refractivity contribution >= 4 is 29.1 Å². The van der Waals surface area contributed by atoms with E-state index in [1.165, 1.54) is 18.0 Å². The molecule has 2 N–H and O–H groups in total. The van der Waals surface area contributed by atoms with Gasteiger partial charge in [-0.25, -0.2) is 0 Å². The third-order valence-electron chi connectivity index (χ3n) is 2.45. The molecule has 6 heteroatoms. The number of carbonyl (C=O) groups is 1. The molecule has 1 fully saturated rings. The van der Waals surface area contributed by atoms with Gasteiger partial charge in [0.2, 0.25) is 5.91 Å². The van der Waals surface area contributed by atoms with Gasteiger partial charge in [-0.05, 0) is 18.1 Å². The van der Waals surface area contributed by atoms with Crippen LogP contribution in [0.1, 0.15) is 11.1 Å². The zero-order chi connectivity index (χ0) is 13.7. The summed E-state index contributed by atoms with van der Waals surface area (Å²) in [6.45, 7) is 3.64. The molecule has 0 unspecified atom stereocenters. The van der Waals surface area contributed by atoms with Crippen LogP contribution in [0.4, 0.5) is 0 Å². The molecule has 19 heavy (non-hydrogen) atoms. The van der Waals surface area contributed by atoms with Gasteiger partial charge in [0, 0.05) is 5.56 Å². The van der Waals surface area contributed by atoms with Crippen molar-refractivity contribution in [1.82, 2.24) is 5.32 Å². The number of phenols is 1. The smallest absolute Gasteiger partial charge is 0.236 e. The first-order valence-corrected chi connectivity index (χ1v) is 6.64. The highest BCUT2D eigenvalue weighted by atomic mass is 32.2. The minimum absolute atomic E-state index is 0.0743. The number of nitrogens with one attached hydrogen (secondary N) is 1. The Kier molecular flexibility index (Phi) is 4.35. The van der Waals surface area contributed by atoms with E-state index in [2.05, 4.69) is 22.1 Å². The molecule has 1 amide bonds. The molecule has 1 aromatic carbocycles. The van der Waals surface area contributed by atoms with Crippen molar-refractivity contribution in [2.24, 2.45) is 10.2 Å². The third kappa shape index (κ3) is 3.45. The highest BCUT2D eigenvalue weighted by molar-refractivity contribution is 8.15. The second-order valence-electron chi connectivity index (χ2n) is 3.83. The van der Waals surface area contributed by atoms with Crippen LogP contribution in [0.3, 0.4) is 0 Å². The molecule has 1 heterocycles. The number of aromatic hydroxyl groups is 1. The van der Waals surface area contributed by atoms with Crippen molar-refractivity contribution in [3.05, 3.63) is 42.0 Å². The van der Waals surface area contributed by atoms with Gasteiger partial charge in [-0.2, -0.15) is 5.10 Å². The molecule has 1 aromatic rings. The molecule has 1 aliphatic rings. The van der Waals surface area contributed by atoms with E-state index in [0.717, 1.165) is 5.56 Å². The standard InChI is InChI=1S/C13H13N3O2S/c1-2-4-9-5-3-6-10(12(9)18)7-14-16-13-15-11(17)8-19-13/h2-3,5-7,18H,1,4,8H2,(H,15,16,17). The molecule has 98 valence electrons. The normalized spacial score (nSPS) is 17.1. The average molecular weight is 275 g/mol. The van der Waals surface area contributed by atoms with Crippen LogP contribution in [0.25, 0.3) is 0 Å². The van der Waals surface area contributed by atoms with Crippen molar-refractivity contribution in [3.63, 3.8) is 0 Å². The second kappa shape index (κ2) is 6.19. The Bertz CT molecular complexity index is 567. The maximum absolute atomic E-state index is 10.9. The van der Waals surface area contributed by atoms with Crippen molar-refractivity contribution in [2.75, 3.05) is 5.75 Å². The molecule has 0 aromatic heterocycles. The highest BCUT2D eigenvalue weighted by Crippen LogP contribution is 2.21. The van der Waals surface area contributed by atoms with Gasteiger partial charge in [0.1, 0.15) is 5.75 Å². The number of thioether (sulfide) groups is 1. The fourth-order valence-electron chi connectivity index (χ4n) is 1.56. The Balaban J connectivity index is 2.12. The maximum Gasteiger partial charge on any atom is 0.236 e. The number of benzene rings is 1. The molecular weight excluding hydrogens is 262 g/mol. The number of nitrogens with zero attached hydrogens (tertiary/aromatic N) is 2. The van der Waals surface area contributed by atoms with Crippen LogP contribution >= 0.6 is 11.8 Å². The van der Waals surface area contributed by atoms with E-state index in [1.54, 1.807) is 12.1 Å². The monoisotopic (exact) mass is 275 g/mol. The summed E-state index contributed by atoms with van der Waals surface area (Å²) in [6.07, 6.45) is 3.77. The van der Waals surface area contributed by atoms with E-state index in [4.69, 9.17) is 0 Å². The zero-order valence-corrected chi connectivity index (χ0v) is 11.0. The summed E-state index contributed by atoms with van der Waals surface area (Å²) in [4.78, 5) is 10.9. The molecule has 0 bridgehead atoms. The largest absolute Gasteiger partial charge is 0.507 e. The van der Waals surface area contributed by atoms with E-state index >= 15 is 0 Å². The van der Waals surface area contributed by atoms with Gasteiger partial charge in [-0.3, -0.25) is 4.79 Å². The molecule has 0 spiro atoms. The molecular formula is C13H13N3O2S. The van der Waals surface area contributed by atoms with Gasteiger partial charge < -0.3 is 10.4 Å². The Labute approximate surface area is 115 Å². The number of carbonyl (C=O) groups excluding carboxylic acids is 1. The molecule has 2 rings (SSSR count). The quantitative estimate of drug-likeness (QED) is 0.499. The first-order valence-electron chi connectivity index (χ1n) is 5.66. The molecule has 0 aliphatic carbocycles. The van der Waals surface area contributed by atoms with Crippen LogP contribution in [-0.2, 0) is 11.2 Å². The number of allylic oxidation sites excluding steroid dienone is 1. The lowest BCUT2D eigenvalue weighted by molar-refractivity contribution is -0.116. The number of rotatable bonds is 4. The van der Waals surface area contributed by atoms with Crippen LogP contribution in [0.15, 0.2) is 41.1 Å². The summed E-state index contributed by atoms with van der Waals surface area (Å²) < 4.78 is 0. The van der Waals surface area contributed by atoms with Crippen LogP contribution in [-0.4, -0.2) is 28.1 Å². The Morgan fingerprint density at radius 3 is 3.05 bits per heavy atom. The molecule has 1 saturated heterocycles. The predicted molar refractivity (Wildman–Crippen MR) is 77.6 cm³/mol. The Morgan fingerprint density at radius 2 is 2.37 bits per heavy atom. The Hall–Kier alpha value is -2.08. The minimum Gasteiger partial charge on any atom is -0.507 e. The lowest BCUT2D eigenvalue weighted by atomic mass is 10.1.